The minimum Gasteiger partial charge on any atom is -0.308 e. The van der Waals surface area contributed by atoms with E-state index in [0.717, 1.165) is 33.9 Å². The number of pyridine rings is 1. The number of nitrogens with zero attached hydrogens (tertiary/aromatic N) is 2. The molecule has 2 aliphatic rings. The number of rotatable bonds is 2. The Morgan fingerprint density at radius 2 is 1.26 bits per heavy atom. The van der Waals surface area contributed by atoms with Crippen LogP contribution in [0.2, 0.25) is 0 Å². The van der Waals surface area contributed by atoms with E-state index in [0.29, 0.717) is 0 Å². The average molecular weight is 497 g/mol. The molecule has 2 nitrogen and oxygen atoms in total. The molecule has 0 atom stereocenters. The summed E-state index contributed by atoms with van der Waals surface area (Å²) in [4.78, 5) is 6.97. The van der Waals surface area contributed by atoms with Gasteiger partial charge in [-0.25, -0.2) is 0 Å². The largest absolute Gasteiger partial charge is 0.308 e. The van der Waals surface area contributed by atoms with Crippen molar-refractivity contribution in [1.29, 1.82) is 0 Å². The Morgan fingerprint density at radius 1 is 0.564 bits per heavy atom. The van der Waals surface area contributed by atoms with Gasteiger partial charge < -0.3 is 4.90 Å². The number of para-hydroxylation sites is 1. The maximum Gasteiger partial charge on any atom is 0.0936 e. The van der Waals surface area contributed by atoms with E-state index in [1.807, 2.05) is 12.3 Å². The number of hydrogen-bond donors (Lipinski definition) is 0. The van der Waals surface area contributed by atoms with Gasteiger partial charge in [0.25, 0.3) is 0 Å². The van der Waals surface area contributed by atoms with Gasteiger partial charge in [0.2, 0.25) is 0 Å². The van der Waals surface area contributed by atoms with Crippen molar-refractivity contribution in [3.8, 4) is 33.4 Å². The molecule has 0 spiro atoms. The topological polar surface area (TPSA) is 16.1 Å². The molecule has 0 fully saturated rings. The van der Waals surface area contributed by atoms with Crippen molar-refractivity contribution in [3.63, 3.8) is 0 Å². The summed E-state index contributed by atoms with van der Waals surface area (Å²) in [6.07, 6.45) is 6.13. The van der Waals surface area contributed by atoms with Crippen molar-refractivity contribution < 1.29 is 0 Å². The first-order chi connectivity index (χ1) is 19.3. The molecule has 0 N–H and O–H groups in total. The fraction of sp³-hybridized carbons (Fsp3) is 0. The lowest BCUT2D eigenvalue weighted by atomic mass is 9.94. The van der Waals surface area contributed by atoms with E-state index < -0.39 is 0 Å². The Balaban J connectivity index is 1.32. The molecule has 8 rings (SSSR count). The van der Waals surface area contributed by atoms with Crippen LogP contribution >= 0.6 is 0 Å². The average Bonchev–Trinajstić information content (AvgIpc) is 3.32. The molecule has 1 aromatic heterocycles. The first kappa shape index (κ1) is 21.8. The Kier molecular flexibility index (Phi) is 4.71. The van der Waals surface area contributed by atoms with Crippen LogP contribution in [0.25, 0.3) is 62.0 Å². The molecule has 39 heavy (non-hydrogen) atoms. The van der Waals surface area contributed by atoms with Crippen LogP contribution in [0, 0.1) is 0 Å². The van der Waals surface area contributed by atoms with Crippen LogP contribution in [0.1, 0.15) is 16.8 Å². The Bertz CT molecular complexity index is 1970. The van der Waals surface area contributed by atoms with E-state index in [4.69, 9.17) is 4.98 Å². The third-order valence-electron chi connectivity index (χ3n) is 7.97. The van der Waals surface area contributed by atoms with Crippen LogP contribution in [0.3, 0.4) is 0 Å². The van der Waals surface area contributed by atoms with Gasteiger partial charge in [0.1, 0.15) is 0 Å². The zero-order valence-corrected chi connectivity index (χ0v) is 21.3. The predicted molar refractivity (Wildman–Crippen MR) is 165 cm³/mol. The lowest BCUT2D eigenvalue weighted by Gasteiger charge is -2.30. The number of hydrogen-bond acceptors (Lipinski definition) is 2. The first-order valence-corrected chi connectivity index (χ1v) is 13.3. The molecule has 1 aliphatic heterocycles. The molecule has 0 bridgehead atoms. The van der Waals surface area contributed by atoms with Gasteiger partial charge in [0.05, 0.1) is 17.1 Å². The molecule has 1 aliphatic carbocycles. The van der Waals surface area contributed by atoms with Gasteiger partial charge in [-0.2, -0.15) is 0 Å². The van der Waals surface area contributed by atoms with Gasteiger partial charge in [-0.05, 0) is 74.0 Å². The number of benzene rings is 5. The van der Waals surface area contributed by atoms with E-state index in [1.54, 1.807) is 0 Å². The third-order valence-corrected chi connectivity index (χ3v) is 7.97. The minimum atomic E-state index is 0.857. The molecule has 2 heterocycles. The standard InChI is InChI=1S/C37H24N2/c1-24-37-26(11-8-22-38-37)19-18-25-9-2-5-17-35(25)39(24)28-12-6-10-27(23-28)29-20-21-34-31-14-4-3-13-30(31)33-16-7-15-32(29)36(33)34/h2-23H,1H2/b19-18-. The van der Waals surface area contributed by atoms with Gasteiger partial charge >= 0.3 is 0 Å². The van der Waals surface area contributed by atoms with E-state index in [-0.39, 0.29) is 0 Å². The van der Waals surface area contributed by atoms with Gasteiger partial charge in [0, 0.05) is 17.4 Å². The van der Waals surface area contributed by atoms with Crippen LogP contribution in [-0.2, 0) is 0 Å². The van der Waals surface area contributed by atoms with Crippen molar-refractivity contribution in [2.24, 2.45) is 0 Å². The molecule has 0 saturated carbocycles. The number of fused-ring (bicyclic) bond motifs is 5. The van der Waals surface area contributed by atoms with Gasteiger partial charge in [-0.3, -0.25) is 4.98 Å². The van der Waals surface area contributed by atoms with Crippen LogP contribution in [-0.4, -0.2) is 4.98 Å². The molecule has 5 aromatic carbocycles. The summed E-state index contributed by atoms with van der Waals surface area (Å²) in [5.41, 5.74) is 13.8. The summed E-state index contributed by atoms with van der Waals surface area (Å²) in [5.74, 6) is 0. The van der Waals surface area contributed by atoms with Crippen LogP contribution in [0.15, 0.2) is 128 Å². The van der Waals surface area contributed by atoms with E-state index in [9.17, 15) is 0 Å². The van der Waals surface area contributed by atoms with Crippen molar-refractivity contribution in [1.82, 2.24) is 4.98 Å². The highest BCUT2D eigenvalue weighted by Gasteiger charge is 2.24. The van der Waals surface area contributed by atoms with Crippen molar-refractivity contribution in [2.75, 3.05) is 4.90 Å². The SMILES string of the molecule is C=C1c2ncccc2/C=C\c2ccccc2N1c1cccc(-c2ccc3c4c(cccc24)-c2ccccc2-3)c1. The Morgan fingerprint density at radius 3 is 2.15 bits per heavy atom. The third kappa shape index (κ3) is 3.25. The summed E-state index contributed by atoms with van der Waals surface area (Å²) >= 11 is 0. The van der Waals surface area contributed by atoms with Crippen molar-refractivity contribution >= 4 is 40.0 Å². The highest BCUT2D eigenvalue weighted by atomic mass is 15.2. The second kappa shape index (κ2) is 8.41. The van der Waals surface area contributed by atoms with E-state index in [2.05, 4.69) is 133 Å². The van der Waals surface area contributed by atoms with Gasteiger partial charge in [-0.1, -0.05) is 110 Å². The molecule has 0 amide bonds. The maximum absolute atomic E-state index is 4.73. The molecule has 2 heteroatoms. The molecule has 182 valence electrons. The zero-order chi connectivity index (χ0) is 25.9. The summed E-state index contributed by atoms with van der Waals surface area (Å²) in [6, 6.07) is 41.3. The fourth-order valence-corrected chi connectivity index (χ4v) is 6.22. The van der Waals surface area contributed by atoms with Crippen molar-refractivity contribution in [2.45, 2.75) is 0 Å². The van der Waals surface area contributed by atoms with Gasteiger partial charge in [0.15, 0.2) is 0 Å². The summed E-state index contributed by atoms with van der Waals surface area (Å²) in [6.45, 7) is 4.55. The lowest BCUT2D eigenvalue weighted by molar-refractivity contribution is 1.20. The number of aromatic nitrogens is 1. The molecule has 0 saturated heterocycles. The highest BCUT2D eigenvalue weighted by Crippen LogP contribution is 2.49. The second-order valence-corrected chi connectivity index (χ2v) is 10.1. The van der Waals surface area contributed by atoms with E-state index in [1.165, 1.54) is 44.2 Å². The molecule has 6 aromatic rings. The second-order valence-electron chi connectivity index (χ2n) is 10.1. The number of anilines is 2. The highest BCUT2D eigenvalue weighted by molar-refractivity contribution is 6.18. The summed E-state index contributed by atoms with van der Waals surface area (Å²) in [5, 5.41) is 2.62. The molecular weight excluding hydrogens is 472 g/mol. The first-order valence-electron chi connectivity index (χ1n) is 13.3. The summed E-state index contributed by atoms with van der Waals surface area (Å²) in [7, 11) is 0. The predicted octanol–water partition coefficient (Wildman–Crippen LogP) is 9.84. The molecule has 0 radical (unpaired) electrons. The Labute approximate surface area is 227 Å². The Hall–Kier alpha value is -5.21. The van der Waals surface area contributed by atoms with Crippen LogP contribution in [0.5, 0.6) is 0 Å². The summed E-state index contributed by atoms with van der Waals surface area (Å²) < 4.78 is 0. The van der Waals surface area contributed by atoms with Crippen molar-refractivity contribution in [3.05, 3.63) is 145 Å². The normalized spacial score (nSPS) is 13.8. The zero-order valence-electron chi connectivity index (χ0n) is 21.3. The van der Waals surface area contributed by atoms with Crippen LogP contribution in [0.4, 0.5) is 11.4 Å². The monoisotopic (exact) mass is 496 g/mol. The van der Waals surface area contributed by atoms with Crippen LogP contribution < -0.4 is 4.90 Å². The van der Waals surface area contributed by atoms with E-state index >= 15 is 0 Å². The fourth-order valence-electron chi connectivity index (χ4n) is 6.22. The molecule has 0 unspecified atom stereocenters. The minimum absolute atomic E-state index is 0.857. The smallest absolute Gasteiger partial charge is 0.0936 e. The quantitative estimate of drug-likeness (QED) is 0.237. The molecular formula is C37H24N2. The van der Waals surface area contributed by atoms with Gasteiger partial charge in [-0.15, -0.1) is 0 Å². The maximum atomic E-state index is 4.73. The lowest BCUT2D eigenvalue weighted by Crippen LogP contribution is -2.18.